The molecule has 0 aliphatic carbocycles. The summed E-state index contributed by atoms with van der Waals surface area (Å²) < 4.78 is 5.79. The number of hydrogen-bond acceptors (Lipinski definition) is 4. The lowest BCUT2D eigenvalue weighted by Gasteiger charge is -2.36. The fourth-order valence-corrected chi connectivity index (χ4v) is 3.72. The zero-order valence-electron chi connectivity index (χ0n) is 16.7. The van der Waals surface area contributed by atoms with Crippen LogP contribution in [0.2, 0.25) is 0 Å². The summed E-state index contributed by atoms with van der Waals surface area (Å²) in [6.45, 7) is 2.94. The number of carboxylic acid groups (broad SMARTS) is 1. The molecule has 0 saturated carbocycles. The van der Waals surface area contributed by atoms with Gasteiger partial charge in [-0.3, -0.25) is 4.79 Å². The van der Waals surface area contributed by atoms with E-state index in [0.717, 1.165) is 22.2 Å². The number of fused-ring (bicyclic) bond motifs is 1. The summed E-state index contributed by atoms with van der Waals surface area (Å²) in [5.74, 6) is -0.0866. The summed E-state index contributed by atoms with van der Waals surface area (Å²) in [5.41, 5.74) is 1.15. The van der Waals surface area contributed by atoms with Gasteiger partial charge in [0.25, 0.3) is 0 Å². The van der Waals surface area contributed by atoms with Gasteiger partial charge in [0.15, 0.2) is 0 Å². The quantitative estimate of drug-likeness (QED) is 0.679. The van der Waals surface area contributed by atoms with Crippen LogP contribution in [0.5, 0.6) is 5.75 Å². The Labute approximate surface area is 175 Å². The van der Waals surface area contributed by atoms with Gasteiger partial charge in [-0.05, 0) is 41.1 Å². The summed E-state index contributed by atoms with van der Waals surface area (Å²) in [6, 6.07) is 20.9. The second kappa shape index (κ2) is 8.86. The van der Waals surface area contributed by atoms with Crippen molar-refractivity contribution < 1.29 is 19.4 Å². The molecule has 0 aromatic heterocycles. The smallest absolute Gasteiger partial charge is 0.335 e. The maximum Gasteiger partial charge on any atom is 0.335 e. The van der Waals surface area contributed by atoms with Gasteiger partial charge in [0.05, 0.1) is 18.6 Å². The second-order valence-corrected chi connectivity index (χ2v) is 7.33. The highest BCUT2D eigenvalue weighted by atomic mass is 16.5. The molecule has 1 N–H and O–H groups in total. The summed E-state index contributed by atoms with van der Waals surface area (Å²) in [4.78, 5) is 27.7. The third kappa shape index (κ3) is 4.54. The average Bonchev–Trinajstić information content (AvgIpc) is 2.79. The topological polar surface area (TPSA) is 70.1 Å². The Kier molecular flexibility index (Phi) is 5.84. The predicted octanol–water partition coefficient (Wildman–Crippen LogP) is 3.66. The van der Waals surface area contributed by atoms with Crippen LogP contribution in [0.15, 0.2) is 66.7 Å². The third-order valence-corrected chi connectivity index (χ3v) is 5.40. The number of nitrogens with zero attached hydrogens (tertiary/aromatic N) is 2. The molecule has 1 aliphatic rings. The molecule has 0 radical (unpaired) electrons. The maximum absolute atomic E-state index is 12.5. The summed E-state index contributed by atoms with van der Waals surface area (Å²) in [7, 11) is 0. The van der Waals surface area contributed by atoms with Crippen molar-refractivity contribution in [1.29, 1.82) is 0 Å². The van der Waals surface area contributed by atoms with Gasteiger partial charge in [-0.25, -0.2) is 4.79 Å². The highest BCUT2D eigenvalue weighted by Crippen LogP contribution is 2.21. The molecule has 1 aliphatic heterocycles. The summed E-state index contributed by atoms with van der Waals surface area (Å²) in [5, 5.41) is 11.4. The number of rotatable bonds is 6. The first-order chi connectivity index (χ1) is 14.6. The molecule has 0 spiro atoms. The molecule has 1 amide bonds. The molecular formula is C24H24N2O4. The first-order valence-corrected chi connectivity index (χ1v) is 10.1. The third-order valence-electron chi connectivity index (χ3n) is 5.40. The van der Waals surface area contributed by atoms with Gasteiger partial charge in [0, 0.05) is 31.9 Å². The Bertz CT molecular complexity index is 1060. The molecule has 1 saturated heterocycles. The molecule has 6 heteroatoms. The minimum Gasteiger partial charge on any atom is -0.493 e. The minimum absolute atomic E-state index is 0.0784. The van der Waals surface area contributed by atoms with Crippen LogP contribution in [0.4, 0.5) is 5.69 Å². The van der Waals surface area contributed by atoms with Crippen molar-refractivity contribution >= 4 is 28.3 Å². The summed E-state index contributed by atoms with van der Waals surface area (Å²) >= 11 is 0. The van der Waals surface area contributed by atoms with E-state index in [4.69, 9.17) is 9.84 Å². The first kappa shape index (κ1) is 19.8. The van der Waals surface area contributed by atoms with Crippen LogP contribution in [0.25, 0.3) is 10.8 Å². The molecular weight excluding hydrogens is 380 g/mol. The molecule has 3 aromatic carbocycles. The van der Waals surface area contributed by atoms with Crippen LogP contribution in [-0.2, 0) is 4.79 Å². The number of amides is 1. The SMILES string of the molecule is O=C(O)c1cccc(N2CCN(C(=O)CCOc3ccc4ccccc4c3)CC2)c1. The number of carboxylic acids is 1. The van der Waals surface area contributed by atoms with Crippen LogP contribution in [0.1, 0.15) is 16.8 Å². The van der Waals surface area contributed by atoms with Crippen molar-refractivity contribution in [2.45, 2.75) is 6.42 Å². The predicted molar refractivity (Wildman–Crippen MR) is 116 cm³/mol. The van der Waals surface area contributed by atoms with Gasteiger partial charge in [0.1, 0.15) is 5.75 Å². The Morgan fingerprint density at radius 3 is 2.40 bits per heavy atom. The maximum atomic E-state index is 12.5. The Balaban J connectivity index is 1.26. The molecule has 0 atom stereocenters. The number of ether oxygens (including phenoxy) is 1. The number of anilines is 1. The van der Waals surface area contributed by atoms with Crippen LogP contribution in [-0.4, -0.2) is 54.7 Å². The van der Waals surface area contributed by atoms with E-state index in [0.29, 0.717) is 39.2 Å². The molecule has 1 heterocycles. The molecule has 0 unspecified atom stereocenters. The first-order valence-electron chi connectivity index (χ1n) is 10.1. The van der Waals surface area contributed by atoms with Gasteiger partial charge in [-0.15, -0.1) is 0 Å². The van der Waals surface area contributed by atoms with Crippen LogP contribution in [0.3, 0.4) is 0 Å². The molecule has 154 valence electrons. The molecule has 4 rings (SSSR count). The molecule has 6 nitrogen and oxygen atoms in total. The van der Waals surface area contributed by atoms with Crippen molar-refractivity contribution in [3.63, 3.8) is 0 Å². The lowest BCUT2D eigenvalue weighted by Crippen LogP contribution is -2.49. The van der Waals surface area contributed by atoms with Crippen molar-refractivity contribution in [2.75, 3.05) is 37.7 Å². The van der Waals surface area contributed by atoms with Crippen LogP contribution < -0.4 is 9.64 Å². The van der Waals surface area contributed by atoms with Gasteiger partial charge < -0.3 is 19.6 Å². The number of carbonyl (C=O) groups excluding carboxylic acids is 1. The van der Waals surface area contributed by atoms with Crippen LogP contribution in [0, 0.1) is 0 Å². The number of hydrogen-bond donors (Lipinski definition) is 1. The standard InChI is InChI=1S/C24H24N2O4/c27-23(10-15-30-22-9-8-18-4-1-2-5-19(18)17-22)26-13-11-25(12-14-26)21-7-3-6-20(16-21)24(28)29/h1-9,16-17H,10-15H2,(H,28,29). The van der Waals surface area contributed by atoms with Crippen molar-refractivity contribution in [2.24, 2.45) is 0 Å². The zero-order valence-corrected chi connectivity index (χ0v) is 16.7. The van der Waals surface area contributed by atoms with E-state index >= 15 is 0 Å². The summed E-state index contributed by atoms with van der Waals surface area (Å²) in [6.07, 6.45) is 0.335. The van der Waals surface area contributed by atoms with Crippen LogP contribution >= 0.6 is 0 Å². The molecule has 1 fully saturated rings. The highest BCUT2D eigenvalue weighted by molar-refractivity contribution is 5.89. The van der Waals surface area contributed by atoms with E-state index in [2.05, 4.69) is 11.0 Å². The largest absolute Gasteiger partial charge is 0.493 e. The van der Waals surface area contributed by atoms with Gasteiger partial charge >= 0.3 is 5.97 Å². The van der Waals surface area contributed by atoms with Crippen molar-refractivity contribution in [3.8, 4) is 5.75 Å². The molecule has 0 bridgehead atoms. The van der Waals surface area contributed by atoms with E-state index in [1.165, 1.54) is 0 Å². The zero-order chi connectivity index (χ0) is 20.9. The van der Waals surface area contributed by atoms with Crippen molar-refractivity contribution in [1.82, 2.24) is 4.90 Å². The van der Waals surface area contributed by atoms with E-state index < -0.39 is 5.97 Å². The molecule has 30 heavy (non-hydrogen) atoms. The minimum atomic E-state index is -0.933. The fourth-order valence-electron chi connectivity index (χ4n) is 3.72. The van der Waals surface area contributed by atoms with E-state index in [9.17, 15) is 9.59 Å². The van der Waals surface area contributed by atoms with Gasteiger partial charge in [-0.1, -0.05) is 36.4 Å². The van der Waals surface area contributed by atoms with E-state index in [1.54, 1.807) is 18.2 Å². The number of carbonyl (C=O) groups is 2. The Hall–Kier alpha value is -3.54. The highest BCUT2D eigenvalue weighted by Gasteiger charge is 2.21. The van der Waals surface area contributed by atoms with Gasteiger partial charge in [-0.2, -0.15) is 0 Å². The normalized spacial score (nSPS) is 14.0. The monoisotopic (exact) mass is 404 g/mol. The van der Waals surface area contributed by atoms with Crippen molar-refractivity contribution in [3.05, 3.63) is 72.3 Å². The van der Waals surface area contributed by atoms with E-state index in [-0.39, 0.29) is 11.5 Å². The molecule has 3 aromatic rings. The second-order valence-electron chi connectivity index (χ2n) is 7.33. The van der Waals surface area contributed by atoms with Gasteiger partial charge in [0.2, 0.25) is 5.91 Å². The number of aromatic carboxylic acids is 1. The lowest BCUT2D eigenvalue weighted by molar-refractivity contribution is -0.132. The number of benzene rings is 3. The fraction of sp³-hybridized carbons (Fsp3) is 0.250. The average molecular weight is 404 g/mol. The van der Waals surface area contributed by atoms with E-state index in [1.807, 2.05) is 47.4 Å². The lowest BCUT2D eigenvalue weighted by atomic mass is 10.1. The Morgan fingerprint density at radius 1 is 0.867 bits per heavy atom. The number of piperazine rings is 1. The Morgan fingerprint density at radius 2 is 1.63 bits per heavy atom.